The minimum atomic E-state index is 0.534. The Morgan fingerprint density at radius 1 is 1.06 bits per heavy atom. The summed E-state index contributed by atoms with van der Waals surface area (Å²) >= 11 is 0. The molecule has 0 atom stereocenters. The van der Waals surface area contributed by atoms with Crippen LogP contribution < -0.4 is 4.90 Å². The lowest BCUT2D eigenvalue weighted by molar-refractivity contribution is 0.575. The molecule has 3 rings (SSSR count). The molecule has 1 aromatic heterocycles. The summed E-state index contributed by atoms with van der Waals surface area (Å²) in [5.41, 5.74) is 0.534. The van der Waals surface area contributed by atoms with Crippen LogP contribution in [0.4, 0.5) is 11.5 Å². The van der Waals surface area contributed by atoms with Crippen molar-refractivity contribution in [2.75, 3.05) is 18.0 Å². The van der Waals surface area contributed by atoms with Crippen LogP contribution in [0.25, 0.3) is 15.7 Å². The van der Waals surface area contributed by atoms with E-state index in [-0.39, 0.29) is 0 Å². The molecule has 4 nitrogen and oxygen atoms in total. The van der Waals surface area contributed by atoms with Gasteiger partial charge in [0.15, 0.2) is 4.98 Å². The van der Waals surface area contributed by atoms with Crippen molar-refractivity contribution in [2.24, 2.45) is 0 Å². The van der Waals surface area contributed by atoms with E-state index in [1.54, 1.807) is 6.20 Å². The highest BCUT2D eigenvalue weighted by atomic mass is 15.2. The second-order valence-corrected chi connectivity index (χ2v) is 4.66. The summed E-state index contributed by atoms with van der Waals surface area (Å²) in [4.78, 5) is 10.1. The SMILES string of the molecule is N#[N+]c1cnc(N2CCCCC2)c2ccccc12. The van der Waals surface area contributed by atoms with Crippen molar-refractivity contribution in [3.05, 3.63) is 35.4 Å². The van der Waals surface area contributed by atoms with Gasteiger partial charge in [0.25, 0.3) is 0 Å². The first kappa shape index (κ1) is 11.0. The van der Waals surface area contributed by atoms with Crippen LogP contribution in [-0.2, 0) is 0 Å². The number of diazo groups is 1. The van der Waals surface area contributed by atoms with Crippen molar-refractivity contribution >= 4 is 22.3 Å². The molecule has 1 fully saturated rings. The lowest BCUT2D eigenvalue weighted by Crippen LogP contribution is -2.30. The number of fused-ring (bicyclic) bond motifs is 1. The van der Waals surface area contributed by atoms with Crippen LogP contribution in [-0.4, -0.2) is 18.1 Å². The second-order valence-electron chi connectivity index (χ2n) is 4.66. The van der Waals surface area contributed by atoms with Crippen molar-refractivity contribution in [3.8, 4) is 0 Å². The van der Waals surface area contributed by atoms with Gasteiger partial charge in [0.1, 0.15) is 12.0 Å². The maximum atomic E-state index is 9.01. The fourth-order valence-electron chi connectivity index (χ4n) is 2.60. The largest absolute Gasteiger partial charge is 0.410 e. The summed E-state index contributed by atoms with van der Waals surface area (Å²) in [6.07, 6.45) is 5.40. The van der Waals surface area contributed by atoms with Crippen LogP contribution in [0.2, 0.25) is 0 Å². The average Bonchev–Trinajstić information content (AvgIpc) is 2.47. The first-order valence-corrected chi connectivity index (χ1v) is 6.38. The quantitative estimate of drug-likeness (QED) is 0.712. The first-order chi connectivity index (χ1) is 8.90. The number of aromatic nitrogens is 1. The third kappa shape index (κ3) is 1.78. The lowest BCUT2D eigenvalue weighted by Gasteiger charge is -2.28. The number of anilines is 1. The number of rotatable bonds is 1. The highest BCUT2D eigenvalue weighted by Crippen LogP contribution is 2.32. The number of hydrogen-bond donors (Lipinski definition) is 0. The molecule has 1 aromatic carbocycles. The van der Waals surface area contributed by atoms with Crippen molar-refractivity contribution in [2.45, 2.75) is 19.3 Å². The summed E-state index contributed by atoms with van der Waals surface area (Å²) in [6, 6.07) is 7.97. The zero-order valence-electron chi connectivity index (χ0n) is 10.2. The standard InChI is InChI=1S/C14H15N4/c15-17-13-10-16-14(18-8-4-1-5-9-18)12-7-3-2-6-11(12)13/h2-3,6-7,10H,1,4-5,8-9H2/q+1. The Kier molecular flexibility index (Phi) is 2.81. The van der Waals surface area contributed by atoms with Crippen molar-refractivity contribution in [1.29, 1.82) is 5.39 Å². The fourth-order valence-corrected chi connectivity index (χ4v) is 2.60. The summed E-state index contributed by atoms with van der Waals surface area (Å²) < 4.78 is 0. The van der Waals surface area contributed by atoms with Gasteiger partial charge in [0.2, 0.25) is 5.39 Å². The van der Waals surface area contributed by atoms with Gasteiger partial charge in [-0.25, -0.2) is 4.98 Å². The van der Waals surface area contributed by atoms with E-state index in [0.29, 0.717) is 5.69 Å². The normalized spacial score (nSPS) is 15.6. The number of benzene rings is 1. The molecule has 90 valence electrons. The minimum absolute atomic E-state index is 0.534. The third-order valence-corrected chi connectivity index (χ3v) is 3.52. The molecule has 0 amide bonds. The van der Waals surface area contributed by atoms with Crippen molar-refractivity contribution < 1.29 is 0 Å². The molecule has 0 N–H and O–H groups in total. The zero-order valence-corrected chi connectivity index (χ0v) is 10.2. The second kappa shape index (κ2) is 4.61. The molecule has 1 aliphatic heterocycles. The Balaban J connectivity index is 2.15. The molecule has 2 aromatic rings. The Hall–Kier alpha value is -2.15. The zero-order chi connectivity index (χ0) is 12.4. The summed E-state index contributed by atoms with van der Waals surface area (Å²) in [6.45, 7) is 2.12. The highest BCUT2D eigenvalue weighted by molar-refractivity contribution is 6.00. The van der Waals surface area contributed by atoms with Crippen molar-refractivity contribution in [1.82, 2.24) is 4.98 Å². The van der Waals surface area contributed by atoms with E-state index in [2.05, 4.69) is 14.9 Å². The number of hydrogen-bond acceptors (Lipinski definition) is 3. The molecule has 2 heterocycles. The predicted molar refractivity (Wildman–Crippen MR) is 72.6 cm³/mol. The predicted octanol–water partition coefficient (Wildman–Crippen LogP) is 3.71. The van der Waals surface area contributed by atoms with Gasteiger partial charge in [-0.05, 0) is 25.3 Å². The molecule has 0 unspecified atom stereocenters. The van der Waals surface area contributed by atoms with E-state index in [1.807, 2.05) is 24.3 Å². The molecule has 0 spiro atoms. The van der Waals surface area contributed by atoms with E-state index in [1.165, 1.54) is 19.3 Å². The van der Waals surface area contributed by atoms with E-state index >= 15 is 0 Å². The monoisotopic (exact) mass is 239 g/mol. The molecular weight excluding hydrogens is 224 g/mol. The van der Waals surface area contributed by atoms with E-state index < -0.39 is 0 Å². The van der Waals surface area contributed by atoms with Gasteiger partial charge in [-0.1, -0.05) is 18.2 Å². The Morgan fingerprint density at radius 3 is 2.50 bits per heavy atom. The number of nitrogens with zero attached hydrogens (tertiary/aromatic N) is 4. The lowest BCUT2D eigenvalue weighted by atomic mass is 10.1. The van der Waals surface area contributed by atoms with Gasteiger partial charge in [0.05, 0.1) is 5.39 Å². The molecule has 1 aliphatic rings. The molecule has 18 heavy (non-hydrogen) atoms. The maximum absolute atomic E-state index is 9.01. The summed E-state index contributed by atoms with van der Waals surface area (Å²) in [5, 5.41) is 11.0. The van der Waals surface area contributed by atoms with E-state index in [9.17, 15) is 0 Å². The van der Waals surface area contributed by atoms with Crippen LogP contribution >= 0.6 is 0 Å². The van der Waals surface area contributed by atoms with Crippen LogP contribution in [0.15, 0.2) is 30.5 Å². The first-order valence-electron chi connectivity index (χ1n) is 6.38. The van der Waals surface area contributed by atoms with Crippen LogP contribution in [0.3, 0.4) is 0 Å². The third-order valence-electron chi connectivity index (χ3n) is 3.52. The Bertz CT molecular complexity index is 609. The van der Waals surface area contributed by atoms with Crippen molar-refractivity contribution in [3.63, 3.8) is 0 Å². The molecular formula is C14H15N4+. The Labute approximate surface area is 106 Å². The molecule has 0 radical (unpaired) electrons. The minimum Gasteiger partial charge on any atom is -0.356 e. The number of pyridine rings is 1. The summed E-state index contributed by atoms with van der Waals surface area (Å²) in [5.74, 6) is 1.01. The van der Waals surface area contributed by atoms with Crippen LogP contribution in [0, 0.1) is 5.39 Å². The summed E-state index contributed by atoms with van der Waals surface area (Å²) in [7, 11) is 0. The van der Waals surface area contributed by atoms with E-state index in [0.717, 1.165) is 29.7 Å². The molecule has 0 saturated carbocycles. The van der Waals surface area contributed by atoms with Gasteiger partial charge in [0, 0.05) is 18.5 Å². The topological polar surface area (TPSA) is 44.3 Å². The van der Waals surface area contributed by atoms with E-state index in [4.69, 9.17) is 5.39 Å². The average molecular weight is 239 g/mol. The maximum Gasteiger partial charge on any atom is 0.410 e. The fraction of sp³-hybridized carbons (Fsp3) is 0.357. The molecule has 0 aliphatic carbocycles. The molecule has 1 saturated heterocycles. The Morgan fingerprint density at radius 2 is 1.78 bits per heavy atom. The van der Waals surface area contributed by atoms with Crippen LogP contribution in [0.5, 0.6) is 0 Å². The highest BCUT2D eigenvalue weighted by Gasteiger charge is 2.19. The van der Waals surface area contributed by atoms with Gasteiger partial charge in [-0.15, -0.1) is 0 Å². The van der Waals surface area contributed by atoms with Gasteiger partial charge in [-0.3, -0.25) is 0 Å². The molecule has 4 heteroatoms. The smallest absolute Gasteiger partial charge is 0.356 e. The van der Waals surface area contributed by atoms with Gasteiger partial charge in [-0.2, -0.15) is 0 Å². The number of piperidine rings is 1. The van der Waals surface area contributed by atoms with Gasteiger partial charge < -0.3 is 4.90 Å². The van der Waals surface area contributed by atoms with Gasteiger partial charge >= 0.3 is 5.69 Å². The molecule has 0 bridgehead atoms. The van der Waals surface area contributed by atoms with Crippen LogP contribution in [0.1, 0.15) is 19.3 Å².